The van der Waals surface area contributed by atoms with E-state index in [2.05, 4.69) is 0 Å². The largest absolute Gasteiger partial charge is 0.452 e. The van der Waals surface area contributed by atoms with Crippen LogP contribution in [0.4, 0.5) is 0 Å². The van der Waals surface area contributed by atoms with Gasteiger partial charge in [0.15, 0.2) is 5.76 Å². The molecule has 1 heterocycles. The van der Waals surface area contributed by atoms with Crippen molar-refractivity contribution in [1.82, 2.24) is 0 Å². The number of benzene rings is 3. The van der Waals surface area contributed by atoms with E-state index in [1.807, 2.05) is 66.7 Å². The fourth-order valence-electron chi connectivity index (χ4n) is 2.82. The SMILES string of the molecule is N=C1/C(=C(\N)c2cccc3ccccc23)Oc2ccccc21. The van der Waals surface area contributed by atoms with Gasteiger partial charge in [0, 0.05) is 11.1 Å². The van der Waals surface area contributed by atoms with Crippen LogP contribution < -0.4 is 10.5 Å². The standard InChI is InChI=1S/C19H14N2O/c20-17(14-10-5-7-12-6-1-2-8-13(12)14)19-18(21)15-9-3-4-11-16(15)22-19/h1-11,21H,20H2/b19-17+,21-18?. The van der Waals surface area contributed by atoms with Crippen LogP contribution >= 0.6 is 0 Å². The van der Waals surface area contributed by atoms with Crippen LogP contribution in [-0.4, -0.2) is 5.71 Å². The second kappa shape index (κ2) is 4.74. The average molecular weight is 286 g/mol. The van der Waals surface area contributed by atoms with Crippen molar-refractivity contribution in [3.63, 3.8) is 0 Å². The minimum Gasteiger partial charge on any atom is -0.452 e. The van der Waals surface area contributed by atoms with Gasteiger partial charge in [-0.3, -0.25) is 5.41 Å². The Balaban J connectivity index is 1.91. The van der Waals surface area contributed by atoms with Crippen LogP contribution in [0.25, 0.3) is 16.5 Å². The number of fused-ring (bicyclic) bond motifs is 2. The van der Waals surface area contributed by atoms with E-state index in [0.29, 0.717) is 22.9 Å². The summed E-state index contributed by atoms with van der Waals surface area (Å²) in [4.78, 5) is 0. The van der Waals surface area contributed by atoms with E-state index in [-0.39, 0.29) is 0 Å². The summed E-state index contributed by atoms with van der Waals surface area (Å²) >= 11 is 0. The molecule has 0 fully saturated rings. The molecule has 0 spiro atoms. The maximum Gasteiger partial charge on any atom is 0.176 e. The average Bonchev–Trinajstić information content (AvgIpc) is 2.91. The summed E-state index contributed by atoms with van der Waals surface area (Å²) in [7, 11) is 0. The van der Waals surface area contributed by atoms with E-state index < -0.39 is 0 Å². The van der Waals surface area contributed by atoms with Crippen molar-refractivity contribution < 1.29 is 4.74 Å². The van der Waals surface area contributed by atoms with Gasteiger partial charge in [-0.1, -0.05) is 54.6 Å². The number of nitrogens with one attached hydrogen (secondary N) is 1. The maximum atomic E-state index is 8.31. The van der Waals surface area contributed by atoms with E-state index in [4.69, 9.17) is 15.9 Å². The van der Waals surface area contributed by atoms with Crippen LogP contribution in [0.1, 0.15) is 11.1 Å². The lowest BCUT2D eigenvalue weighted by molar-refractivity contribution is 0.470. The molecule has 0 aromatic heterocycles. The van der Waals surface area contributed by atoms with Gasteiger partial charge in [0.2, 0.25) is 0 Å². The normalized spacial score (nSPS) is 15.5. The third-order valence-corrected chi connectivity index (χ3v) is 3.92. The van der Waals surface area contributed by atoms with Gasteiger partial charge in [0.25, 0.3) is 0 Å². The Labute approximate surface area is 128 Å². The van der Waals surface area contributed by atoms with Crippen LogP contribution in [0.15, 0.2) is 72.5 Å². The van der Waals surface area contributed by atoms with Gasteiger partial charge in [-0.05, 0) is 22.9 Å². The molecule has 106 valence electrons. The highest BCUT2D eigenvalue weighted by atomic mass is 16.5. The first-order valence-corrected chi connectivity index (χ1v) is 7.10. The number of hydrogen-bond acceptors (Lipinski definition) is 3. The van der Waals surface area contributed by atoms with Crippen LogP contribution in [0.5, 0.6) is 5.75 Å². The van der Waals surface area contributed by atoms with E-state index in [9.17, 15) is 0 Å². The molecular weight excluding hydrogens is 272 g/mol. The number of allylic oxidation sites excluding steroid dienone is 1. The number of nitrogens with two attached hydrogens (primary N) is 1. The lowest BCUT2D eigenvalue weighted by Gasteiger charge is -2.09. The summed E-state index contributed by atoms with van der Waals surface area (Å²) in [6.45, 7) is 0. The van der Waals surface area contributed by atoms with Gasteiger partial charge >= 0.3 is 0 Å². The van der Waals surface area contributed by atoms with Gasteiger partial charge in [0.1, 0.15) is 11.5 Å². The molecular formula is C19H14N2O. The van der Waals surface area contributed by atoms with Gasteiger partial charge in [-0.15, -0.1) is 0 Å². The van der Waals surface area contributed by atoms with Gasteiger partial charge in [-0.25, -0.2) is 0 Å². The molecule has 3 N–H and O–H groups in total. The Kier molecular flexibility index (Phi) is 2.73. The van der Waals surface area contributed by atoms with Crippen LogP contribution in [0.2, 0.25) is 0 Å². The lowest BCUT2D eigenvalue weighted by atomic mass is 10.0. The zero-order valence-electron chi connectivity index (χ0n) is 11.8. The second-order valence-corrected chi connectivity index (χ2v) is 5.24. The summed E-state index contributed by atoms with van der Waals surface area (Å²) in [5.74, 6) is 1.11. The molecule has 3 nitrogen and oxygen atoms in total. The first-order valence-electron chi connectivity index (χ1n) is 7.10. The molecule has 3 aromatic rings. The van der Waals surface area contributed by atoms with Crippen molar-refractivity contribution in [3.05, 3.63) is 83.6 Å². The predicted octanol–water partition coefficient (Wildman–Crippen LogP) is 3.93. The number of ether oxygens (including phenoxy) is 1. The van der Waals surface area contributed by atoms with Crippen molar-refractivity contribution in [1.29, 1.82) is 5.41 Å². The number of hydrogen-bond donors (Lipinski definition) is 2. The molecule has 1 aliphatic heterocycles. The van der Waals surface area contributed by atoms with Gasteiger partial charge in [0.05, 0.1) is 5.70 Å². The highest BCUT2D eigenvalue weighted by molar-refractivity contribution is 6.18. The summed E-state index contributed by atoms with van der Waals surface area (Å²) in [6.07, 6.45) is 0. The molecule has 22 heavy (non-hydrogen) atoms. The Morgan fingerprint density at radius 1 is 0.864 bits per heavy atom. The summed E-state index contributed by atoms with van der Waals surface area (Å²) in [5, 5.41) is 10.5. The third-order valence-electron chi connectivity index (χ3n) is 3.92. The molecule has 4 rings (SSSR count). The van der Waals surface area contributed by atoms with Crippen LogP contribution in [0, 0.1) is 5.41 Å². The molecule has 1 aliphatic rings. The molecule has 0 unspecified atom stereocenters. The zero-order chi connectivity index (χ0) is 15.1. The van der Waals surface area contributed by atoms with Crippen molar-refractivity contribution in [3.8, 4) is 5.75 Å². The first kappa shape index (κ1) is 12.7. The molecule has 0 bridgehead atoms. The summed E-state index contributed by atoms with van der Waals surface area (Å²) in [6, 6.07) is 21.6. The maximum absolute atomic E-state index is 8.31. The topological polar surface area (TPSA) is 59.1 Å². The van der Waals surface area contributed by atoms with E-state index in [0.717, 1.165) is 21.9 Å². The van der Waals surface area contributed by atoms with Crippen molar-refractivity contribution in [2.75, 3.05) is 0 Å². The van der Waals surface area contributed by atoms with E-state index in [1.165, 1.54) is 0 Å². The third kappa shape index (κ3) is 1.79. The first-order chi connectivity index (χ1) is 10.8. The molecule has 3 heteroatoms. The number of para-hydroxylation sites is 1. The molecule has 0 atom stereocenters. The molecule has 0 saturated heterocycles. The Morgan fingerprint density at radius 2 is 1.59 bits per heavy atom. The molecule has 0 amide bonds. The Morgan fingerprint density at radius 3 is 2.45 bits per heavy atom. The molecule has 0 saturated carbocycles. The smallest absolute Gasteiger partial charge is 0.176 e. The van der Waals surface area contributed by atoms with Crippen molar-refractivity contribution in [2.24, 2.45) is 5.73 Å². The monoisotopic (exact) mass is 286 g/mol. The second-order valence-electron chi connectivity index (χ2n) is 5.24. The van der Waals surface area contributed by atoms with Crippen LogP contribution in [-0.2, 0) is 0 Å². The van der Waals surface area contributed by atoms with Crippen LogP contribution in [0.3, 0.4) is 0 Å². The minimum absolute atomic E-state index is 0.334. The zero-order valence-corrected chi connectivity index (χ0v) is 11.8. The summed E-state index contributed by atoms with van der Waals surface area (Å²) in [5.41, 5.74) is 8.85. The predicted molar refractivity (Wildman–Crippen MR) is 89.0 cm³/mol. The molecule has 3 aromatic carbocycles. The lowest BCUT2D eigenvalue weighted by Crippen LogP contribution is -2.09. The number of rotatable bonds is 1. The highest BCUT2D eigenvalue weighted by Crippen LogP contribution is 2.34. The quantitative estimate of drug-likeness (QED) is 0.712. The van der Waals surface area contributed by atoms with E-state index in [1.54, 1.807) is 0 Å². The Hall–Kier alpha value is -3.07. The van der Waals surface area contributed by atoms with Crippen molar-refractivity contribution in [2.45, 2.75) is 0 Å². The molecule has 0 radical (unpaired) electrons. The minimum atomic E-state index is 0.334. The fourth-order valence-corrected chi connectivity index (χ4v) is 2.82. The van der Waals surface area contributed by atoms with Gasteiger partial charge in [-0.2, -0.15) is 0 Å². The fraction of sp³-hybridized carbons (Fsp3) is 0. The molecule has 0 aliphatic carbocycles. The Bertz CT molecular complexity index is 936. The summed E-state index contributed by atoms with van der Waals surface area (Å²) < 4.78 is 5.81. The van der Waals surface area contributed by atoms with Crippen molar-refractivity contribution >= 4 is 22.2 Å². The van der Waals surface area contributed by atoms with Gasteiger partial charge < -0.3 is 10.5 Å². The van der Waals surface area contributed by atoms with E-state index >= 15 is 0 Å². The highest BCUT2D eigenvalue weighted by Gasteiger charge is 2.26.